The molecule has 4 aromatic rings. The Morgan fingerprint density at radius 2 is 1.68 bits per heavy atom. The second kappa shape index (κ2) is 9.29. The van der Waals surface area contributed by atoms with E-state index in [4.69, 9.17) is 0 Å². The summed E-state index contributed by atoms with van der Waals surface area (Å²) in [4.78, 5) is 18.1. The Labute approximate surface area is 202 Å². The van der Waals surface area contributed by atoms with E-state index in [1.165, 1.54) is 33.3 Å². The highest BCUT2D eigenvalue weighted by Crippen LogP contribution is 2.25. The van der Waals surface area contributed by atoms with Crippen LogP contribution in [0.3, 0.4) is 0 Å². The summed E-state index contributed by atoms with van der Waals surface area (Å²) in [7, 11) is -3.65. The van der Waals surface area contributed by atoms with Crippen molar-refractivity contribution in [2.45, 2.75) is 37.8 Å². The second-order valence-electron chi connectivity index (χ2n) is 8.30. The van der Waals surface area contributed by atoms with E-state index in [0.29, 0.717) is 29.9 Å². The maximum atomic E-state index is 13.2. The number of rotatable bonds is 5. The maximum Gasteiger partial charge on any atom is 0.279 e. The van der Waals surface area contributed by atoms with Crippen LogP contribution in [0.25, 0.3) is 10.2 Å². The molecule has 0 atom stereocenters. The summed E-state index contributed by atoms with van der Waals surface area (Å²) in [5.41, 5.74) is 3.65. The molecule has 0 bridgehead atoms. The molecule has 34 heavy (non-hydrogen) atoms. The number of carbonyl (C=O) groups is 1. The quantitative estimate of drug-likeness (QED) is 0.410. The molecule has 1 aromatic heterocycles. The van der Waals surface area contributed by atoms with Crippen molar-refractivity contribution in [3.05, 3.63) is 94.3 Å². The smallest absolute Gasteiger partial charge is 0.279 e. The molecule has 0 saturated heterocycles. The number of amides is 1. The molecule has 0 radical (unpaired) electrons. The molecule has 0 saturated carbocycles. The third-order valence-electron chi connectivity index (χ3n) is 6.07. The summed E-state index contributed by atoms with van der Waals surface area (Å²) >= 11 is 1.48. The van der Waals surface area contributed by atoms with Crippen molar-refractivity contribution in [1.82, 2.24) is 8.87 Å². The summed E-state index contributed by atoms with van der Waals surface area (Å²) in [5, 5.41) is 0. The number of sulfonamides is 1. The summed E-state index contributed by atoms with van der Waals surface area (Å²) in [6, 6.07) is 22.0. The van der Waals surface area contributed by atoms with Gasteiger partial charge in [-0.1, -0.05) is 54.7 Å². The number of benzene rings is 3. The first kappa shape index (κ1) is 22.7. The van der Waals surface area contributed by atoms with Gasteiger partial charge in [0.2, 0.25) is 10.0 Å². The molecule has 1 amide bonds. The number of nitrogens with zero attached hydrogens (tertiary/aromatic N) is 3. The number of fused-ring (bicyclic) bond motifs is 2. The third-order valence-corrected chi connectivity index (χ3v) is 8.99. The number of hydrogen-bond donors (Lipinski definition) is 0. The zero-order valence-electron chi connectivity index (χ0n) is 18.8. The van der Waals surface area contributed by atoms with Crippen LogP contribution in [0, 0.1) is 0 Å². The minimum atomic E-state index is -3.65. The lowest BCUT2D eigenvalue weighted by Crippen LogP contribution is -2.35. The average molecular weight is 492 g/mol. The molecule has 3 aromatic carbocycles. The van der Waals surface area contributed by atoms with Crippen LogP contribution >= 0.6 is 11.3 Å². The highest BCUT2D eigenvalue weighted by Gasteiger charge is 2.28. The van der Waals surface area contributed by atoms with Gasteiger partial charge in [0.1, 0.15) is 0 Å². The largest absolute Gasteiger partial charge is 0.316 e. The lowest BCUT2D eigenvalue weighted by Gasteiger charge is -2.28. The topological polar surface area (TPSA) is 71.7 Å². The monoisotopic (exact) mass is 491 g/mol. The molecule has 6 nitrogen and oxygen atoms in total. The minimum Gasteiger partial charge on any atom is -0.316 e. The van der Waals surface area contributed by atoms with Gasteiger partial charge in [-0.15, -0.1) is 0 Å². The molecule has 1 aliphatic rings. The Bertz CT molecular complexity index is 1530. The third kappa shape index (κ3) is 4.24. The predicted octanol–water partition coefficient (Wildman–Crippen LogP) is 4.60. The molecule has 0 unspecified atom stereocenters. The van der Waals surface area contributed by atoms with E-state index < -0.39 is 10.0 Å². The predicted molar refractivity (Wildman–Crippen MR) is 134 cm³/mol. The standard InChI is InChI=1S/C26H25N3O3S2/c1-2-16-29-23-9-5-6-10-24(23)33-26(29)27-25(30)20-11-13-22(14-12-20)34(31,32)28-17-15-19-7-3-4-8-21(19)18-28/h3-14H,2,15-18H2,1H3. The van der Waals surface area contributed by atoms with Gasteiger partial charge in [0.15, 0.2) is 4.80 Å². The maximum absolute atomic E-state index is 13.2. The van der Waals surface area contributed by atoms with E-state index in [1.807, 2.05) is 48.5 Å². The summed E-state index contributed by atoms with van der Waals surface area (Å²) in [6.07, 6.45) is 1.62. The van der Waals surface area contributed by atoms with Crippen LogP contribution in [0.15, 0.2) is 82.7 Å². The van der Waals surface area contributed by atoms with Crippen molar-refractivity contribution in [1.29, 1.82) is 0 Å². The Kier molecular flexibility index (Phi) is 6.20. The average Bonchev–Trinajstić information content (AvgIpc) is 3.21. The summed E-state index contributed by atoms with van der Waals surface area (Å²) < 4.78 is 31.0. The van der Waals surface area contributed by atoms with Crippen LogP contribution in [0.2, 0.25) is 0 Å². The fourth-order valence-electron chi connectivity index (χ4n) is 4.29. The van der Waals surface area contributed by atoms with Gasteiger partial charge in [0, 0.05) is 25.2 Å². The number of carbonyl (C=O) groups excluding carboxylic acids is 1. The Morgan fingerprint density at radius 3 is 2.44 bits per heavy atom. The van der Waals surface area contributed by atoms with E-state index in [2.05, 4.69) is 16.5 Å². The molecule has 8 heteroatoms. The van der Waals surface area contributed by atoms with E-state index in [1.54, 1.807) is 12.1 Å². The summed E-state index contributed by atoms with van der Waals surface area (Å²) in [6.45, 7) is 3.66. The van der Waals surface area contributed by atoms with Gasteiger partial charge in [-0.25, -0.2) is 8.42 Å². The first-order chi connectivity index (χ1) is 16.5. The van der Waals surface area contributed by atoms with E-state index >= 15 is 0 Å². The highest BCUT2D eigenvalue weighted by molar-refractivity contribution is 7.89. The van der Waals surface area contributed by atoms with E-state index in [0.717, 1.165) is 28.7 Å². The van der Waals surface area contributed by atoms with Crippen LogP contribution in [-0.4, -0.2) is 29.7 Å². The Hall–Kier alpha value is -3.07. The first-order valence-corrected chi connectivity index (χ1v) is 13.6. The highest BCUT2D eigenvalue weighted by atomic mass is 32.2. The van der Waals surface area contributed by atoms with Gasteiger partial charge in [0.25, 0.3) is 5.91 Å². The molecule has 0 N–H and O–H groups in total. The minimum absolute atomic E-state index is 0.186. The van der Waals surface area contributed by atoms with Crippen molar-refractivity contribution in [3.63, 3.8) is 0 Å². The van der Waals surface area contributed by atoms with Crippen LogP contribution in [0.4, 0.5) is 0 Å². The van der Waals surface area contributed by atoms with Gasteiger partial charge in [-0.05, 0) is 60.4 Å². The van der Waals surface area contributed by atoms with Crippen LogP contribution in [0.1, 0.15) is 34.8 Å². The molecular formula is C26H25N3O3S2. The fraction of sp³-hybridized carbons (Fsp3) is 0.231. The Morgan fingerprint density at radius 1 is 0.971 bits per heavy atom. The molecule has 0 aliphatic carbocycles. The number of thiazole rings is 1. The molecule has 1 aliphatic heterocycles. The number of hydrogen-bond acceptors (Lipinski definition) is 4. The van der Waals surface area contributed by atoms with Crippen LogP contribution in [-0.2, 0) is 29.5 Å². The number of aryl methyl sites for hydroxylation is 1. The zero-order chi connectivity index (χ0) is 23.7. The van der Waals surface area contributed by atoms with Gasteiger partial charge in [-0.3, -0.25) is 4.79 Å². The molecule has 5 rings (SSSR count). The fourth-order valence-corrected chi connectivity index (χ4v) is 6.76. The van der Waals surface area contributed by atoms with Crippen molar-refractivity contribution in [2.24, 2.45) is 4.99 Å². The van der Waals surface area contributed by atoms with Crippen LogP contribution in [0.5, 0.6) is 0 Å². The molecule has 0 spiro atoms. The second-order valence-corrected chi connectivity index (χ2v) is 11.2. The molecule has 174 valence electrons. The molecular weight excluding hydrogens is 466 g/mol. The molecule has 0 fully saturated rings. The van der Waals surface area contributed by atoms with Crippen molar-refractivity contribution < 1.29 is 13.2 Å². The number of aromatic nitrogens is 1. The zero-order valence-corrected chi connectivity index (χ0v) is 20.5. The number of para-hydroxylation sites is 1. The molecule has 2 heterocycles. The SMILES string of the molecule is CCCn1c(=NC(=O)c2ccc(S(=O)(=O)N3CCc4ccccc4C3)cc2)sc2ccccc21. The Balaban J connectivity index is 1.41. The van der Waals surface area contributed by atoms with Gasteiger partial charge < -0.3 is 4.57 Å². The first-order valence-electron chi connectivity index (χ1n) is 11.3. The van der Waals surface area contributed by atoms with Crippen LogP contribution < -0.4 is 4.80 Å². The van der Waals surface area contributed by atoms with Gasteiger partial charge in [0.05, 0.1) is 15.1 Å². The lowest BCUT2D eigenvalue weighted by atomic mass is 10.0. The van der Waals surface area contributed by atoms with Crippen molar-refractivity contribution >= 4 is 37.5 Å². The van der Waals surface area contributed by atoms with E-state index in [-0.39, 0.29) is 10.8 Å². The lowest BCUT2D eigenvalue weighted by molar-refractivity contribution is 0.0997. The normalized spacial score (nSPS) is 14.9. The van der Waals surface area contributed by atoms with Gasteiger partial charge >= 0.3 is 0 Å². The summed E-state index contributed by atoms with van der Waals surface area (Å²) in [5.74, 6) is -0.382. The van der Waals surface area contributed by atoms with E-state index in [9.17, 15) is 13.2 Å². The van der Waals surface area contributed by atoms with Crippen molar-refractivity contribution in [3.8, 4) is 0 Å². The van der Waals surface area contributed by atoms with Crippen molar-refractivity contribution in [2.75, 3.05) is 6.54 Å². The van der Waals surface area contributed by atoms with Gasteiger partial charge in [-0.2, -0.15) is 9.30 Å².